The van der Waals surface area contributed by atoms with E-state index in [2.05, 4.69) is 47.8 Å². The zero-order valence-electron chi connectivity index (χ0n) is 16.1. The zero-order valence-corrected chi connectivity index (χ0v) is 16.1. The van der Waals surface area contributed by atoms with Crippen molar-refractivity contribution in [1.29, 1.82) is 0 Å². The second kappa shape index (κ2) is 9.97. The number of ether oxygens (including phenoxy) is 2. The molecule has 0 aliphatic carbocycles. The van der Waals surface area contributed by atoms with Crippen LogP contribution in [-0.2, 0) is 17.8 Å². The molecule has 0 radical (unpaired) electrons. The second-order valence-corrected chi connectivity index (χ2v) is 6.61. The Morgan fingerprint density at radius 3 is 3.07 bits per heavy atom. The number of nitrogens with zero attached hydrogens (tertiary/aromatic N) is 3. The van der Waals surface area contributed by atoms with E-state index >= 15 is 0 Å². The van der Waals surface area contributed by atoms with Crippen molar-refractivity contribution in [3.8, 4) is 5.75 Å². The lowest BCUT2D eigenvalue weighted by molar-refractivity contribution is 0.140. The normalized spacial score (nSPS) is 17.1. The van der Waals surface area contributed by atoms with Gasteiger partial charge < -0.3 is 20.1 Å². The van der Waals surface area contributed by atoms with Gasteiger partial charge >= 0.3 is 0 Å². The molecule has 1 aromatic carbocycles. The number of hydrogen-bond acceptors (Lipinski definition) is 4. The van der Waals surface area contributed by atoms with E-state index < -0.39 is 0 Å². The third kappa shape index (κ3) is 5.99. The minimum atomic E-state index is 0.134. The highest BCUT2D eigenvalue weighted by atomic mass is 16.5. The van der Waals surface area contributed by atoms with Gasteiger partial charge in [-0.25, -0.2) is 4.99 Å². The highest BCUT2D eigenvalue weighted by molar-refractivity contribution is 5.79. The van der Waals surface area contributed by atoms with Crippen LogP contribution < -0.4 is 15.4 Å². The second-order valence-electron chi connectivity index (χ2n) is 6.61. The fourth-order valence-electron chi connectivity index (χ4n) is 2.92. The summed E-state index contributed by atoms with van der Waals surface area (Å²) in [5.41, 5.74) is 2.26. The third-order valence-electron chi connectivity index (χ3n) is 4.35. The summed E-state index contributed by atoms with van der Waals surface area (Å²) in [5.74, 6) is 1.70. The van der Waals surface area contributed by atoms with Crippen molar-refractivity contribution in [2.75, 3.05) is 26.3 Å². The molecule has 0 bridgehead atoms. The molecule has 7 heteroatoms. The van der Waals surface area contributed by atoms with Gasteiger partial charge in [0.2, 0.25) is 0 Å². The molecule has 1 fully saturated rings. The van der Waals surface area contributed by atoms with E-state index in [0.717, 1.165) is 49.9 Å². The quantitative estimate of drug-likeness (QED) is 0.549. The Hall–Kier alpha value is -2.54. The fourth-order valence-corrected chi connectivity index (χ4v) is 2.92. The average Bonchev–Trinajstić information content (AvgIpc) is 3.35. The molecule has 1 atom stereocenters. The van der Waals surface area contributed by atoms with Crippen LogP contribution in [-0.4, -0.2) is 48.1 Å². The molecule has 0 spiro atoms. The number of aliphatic imine (C=N–C) groups is 1. The highest BCUT2D eigenvalue weighted by Crippen LogP contribution is 2.24. The number of aryl methyl sites for hydroxylation is 1. The number of aromatic nitrogens is 2. The molecule has 0 saturated carbocycles. The van der Waals surface area contributed by atoms with Crippen molar-refractivity contribution in [3.05, 3.63) is 47.8 Å². The molecule has 3 rings (SSSR count). The van der Waals surface area contributed by atoms with Crippen LogP contribution in [0.2, 0.25) is 0 Å². The number of nitrogens with one attached hydrogen (secondary N) is 2. The maximum atomic E-state index is 6.16. The Balaban J connectivity index is 1.61. The standard InChI is InChI=1S/C20H29N5O2/c1-3-21-20(22-9-11-25-10-4-8-24-25)23-14-17-6-5-16(2)13-19(17)27-18-7-12-26-15-18/h4-6,8,10,13,18H,3,7,9,11-12,14-15H2,1-2H3,(H2,21,22,23). The smallest absolute Gasteiger partial charge is 0.191 e. The maximum absolute atomic E-state index is 6.16. The maximum Gasteiger partial charge on any atom is 0.191 e. The van der Waals surface area contributed by atoms with Crippen molar-refractivity contribution in [2.24, 2.45) is 4.99 Å². The minimum absolute atomic E-state index is 0.134. The fraction of sp³-hybridized carbons (Fsp3) is 0.500. The topological polar surface area (TPSA) is 72.7 Å². The van der Waals surface area contributed by atoms with Crippen LogP contribution in [0.1, 0.15) is 24.5 Å². The van der Waals surface area contributed by atoms with Gasteiger partial charge in [-0.15, -0.1) is 0 Å². The van der Waals surface area contributed by atoms with Gasteiger partial charge in [-0.2, -0.15) is 5.10 Å². The lowest BCUT2D eigenvalue weighted by Gasteiger charge is -2.16. The van der Waals surface area contributed by atoms with Gasteiger partial charge in [0.1, 0.15) is 11.9 Å². The predicted molar refractivity (Wildman–Crippen MR) is 106 cm³/mol. The molecule has 1 unspecified atom stereocenters. The van der Waals surface area contributed by atoms with Gasteiger partial charge in [0.25, 0.3) is 0 Å². The Morgan fingerprint density at radius 1 is 1.41 bits per heavy atom. The third-order valence-corrected chi connectivity index (χ3v) is 4.35. The molecule has 1 aliphatic heterocycles. The molecule has 1 aromatic heterocycles. The van der Waals surface area contributed by atoms with E-state index in [9.17, 15) is 0 Å². The van der Waals surface area contributed by atoms with Crippen LogP contribution in [0, 0.1) is 6.92 Å². The largest absolute Gasteiger partial charge is 0.488 e. The summed E-state index contributed by atoms with van der Waals surface area (Å²) >= 11 is 0. The monoisotopic (exact) mass is 371 g/mol. The summed E-state index contributed by atoms with van der Waals surface area (Å²) in [4.78, 5) is 4.72. The van der Waals surface area contributed by atoms with E-state index in [0.29, 0.717) is 13.2 Å². The minimum Gasteiger partial charge on any atom is -0.488 e. The van der Waals surface area contributed by atoms with Crippen molar-refractivity contribution in [1.82, 2.24) is 20.4 Å². The molecule has 27 heavy (non-hydrogen) atoms. The van der Waals surface area contributed by atoms with Gasteiger partial charge in [0.05, 0.1) is 26.3 Å². The van der Waals surface area contributed by atoms with E-state index in [-0.39, 0.29) is 6.10 Å². The van der Waals surface area contributed by atoms with E-state index in [1.54, 1.807) is 6.20 Å². The van der Waals surface area contributed by atoms with Gasteiger partial charge in [0, 0.05) is 37.5 Å². The first-order chi connectivity index (χ1) is 13.2. The molecule has 0 amide bonds. The molecule has 2 N–H and O–H groups in total. The van der Waals surface area contributed by atoms with Crippen LogP contribution in [0.3, 0.4) is 0 Å². The first kappa shape index (κ1) is 19.2. The Bertz CT molecular complexity index is 724. The summed E-state index contributed by atoms with van der Waals surface area (Å²) in [7, 11) is 0. The van der Waals surface area contributed by atoms with Gasteiger partial charge in [-0.05, 0) is 31.5 Å². The molecule has 2 heterocycles. The molecular weight excluding hydrogens is 342 g/mol. The van der Waals surface area contributed by atoms with Gasteiger partial charge in [-0.3, -0.25) is 4.68 Å². The SMILES string of the molecule is CCNC(=NCc1ccc(C)cc1OC1CCOC1)NCCn1cccn1. The lowest BCUT2D eigenvalue weighted by atomic mass is 10.1. The van der Waals surface area contributed by atoms with E-state index in [1.165, 1.54) is 5.56 Å². The van der Waals surface area contributed by atoms with Crippen LogP contribution in [0.5, 0.6) is 5.75 Å². The molecule has 146 valence electrons. The van der Waals surface area contributed by atoms with Gasteiger partial charge in [0.15, 0.2) is 5.96 Å². The average molecular weight is 371 g/mol. The number of guanidine groups is 1. The van der Waals surface area contributed by atoms with Crippen LogP contribution >= 0.6 is 0 Å². The van der Waals surface area contributed by atoms with Crippen LogP contribution in [0.15, 0.2) is 41.7 Å². The number of hydrogen-bond donors (Lipinski definition) is 2. The summed E-state index contributed by atoms with van der Waals surface area (Å²) in [5, 5.41) is 10.8. The summed E-state index contributed by atoms with van der Waals surface area (Å²) in [6.07, 6.45) is 4.81. The number of rotatable bonds is 8. The number of benzene rings is 1. The molecule has 1 saturated heterocycles. The van der Waals surface area contributed by atoms with Gasteiger partial charge in [-0.1, -0.05) is 12.1 Å². The van der Waals surface area contributed by atoms with E-state index in [4.69, 9.17) is 14.5 Å². The summed E-state index contributed by atoms with van der Waals surface area (Å²) in [6, 6.07) is 8.20. The predicted octanol–water partition coefficient (Wildman–Crippen LogP) is 2.11. The van der Waals surface area contributed by atoms with Crippen molar-refractivity contribution >= 4 is 5.96 Å². The van der Waals surface area contributed by atoms with E-state index in [1.807, 2.05) is 16.9 Å². The van der Waals surface area contributed by atoms with Crippen LogP contribution in [0.25, 0.3) is 0 Å². The van der Waals surface area contributed by atoms with Crippen molar-refractivity contribution in [3.63, 3.8) is 0 Å². The first-order valence-corrected chi connectivity index (χ1v) is 9.58. The summed E-state index contributed by atoms with van der Waals surface area (Å²) in [6.45, 7) is 8.48. The molecule has 1 aliphatic rings. The highest BCUT2D eigenvalue weighted by Gasteiger charge is 2.18. The van der Waals surface area contributed by atoms with Crippen molar-refractivity contribution < 1.29 is 9.47 Å². The summed E-state index contributed by atoms with van der Waals surface area (Å²) < 4.78 is 13.5. The Kier molecular flexibility index (Phi) is 7.10. The first-order valence-electron chi connectivity index (χ1n) is 9.58. The Labute approximate surface area is 160 Å². The Morgan fingerprint density at radius 2 is 2.33 bits per heavy atom. The lowest BCUT2D eigenvalue weighted by Crippen LogP contribution is -2.38. The molecule has 7 nitrogen and oxygen atoms in total. The molecular formula is C20H29N5O2. The van der Waals surface area contributed by atoms with Crippen molar-refractivity contribution in [2.45, 2.75) is 39.5 Å². The zero-order chi connectivity index (χ0) is 18.9. The van der Waals surface area contributed by atoms with Crippen LogP contribution in [0.4, 0.5) is 0 Å². The molecule has 2 aromatic rings.